The Morgan fingerprint density at radius 1 is 0.333 bits per heavy atom. The van der Waals surface area contributed by atoms with Gasteiger partial charge in [-0.05, 0) is 0 Å². The summed E-state index contributed by atoms with van der Waals surface area (Å²) in [5.74, 6) is 0. The summed E-state index contributed by atoms with van der Waals surface area (Å²) in [6, 6.07) is 0. The van der Waals surface area contributed by atoms with Crippen molar-refractivity contribution in [3.05, 3.63) is 0 Å². The molecule has 0 heterocycles. The number of hydrogen-bond acceptors (Lipinski definition) is 0. The van der Waals surface area contributed by atoms with Crippen molar-refractivity contribution in [2.24, 2.45) is 0 Å². The van der Waals surface area contributed by atoms with E-state index in [0.717, 1.165) is 0 Å². The summed E-state index contributed by atoms with van der Waals surface area (Å²) in [6.07, 6.45) is 0. The van der Waals surface area contributed by atoms with E-state index in [1.807, 2.05) is 0 Å². The summed E-state index contributed by atoms with van der Waals surface area (Å²) in [5, 5.41) is 0. The Morgan fingerprint density at radius 3 is 0.333 bits per heavy atom. The minimum absolute atomic E-state index is 0. The van der Waals surface area contributed by atoms with E-state index >= 15 is 0 Å². The maximum absolute atomic E-state index is 0. The van der Waals surface area contributed by atoms with Gasteiger partial charge in [-0.1, -0.05) is 0 Å². The van der Waals surface area contributed by atoms with Crippen LogP contribution in [0.1, 0.15) is 0 Å². The van der Waals surface area contributed by atoms with Gasteiger partial charge in [-0.3, -0.25) is 0 Å². The number of hydrogen-bond donors (Lipinski definition) is 0. The van der Waals surface area contributed by atoms with Crippen LogP contribution in [0.3, 0.4) is 0 Å². The summed E-state index contributed by atoms with van der Waals surface area (Å²) in [5.41, 5.74) is 0. The Labute approximate surface area is 51.3 Å². The highest BCUT2D eigenvalue weighted by Crippen LogP contribution is -0.376. The van der Waals surface area contributed by atoms with Gasteiger partial charge < -0.3 is 0 Å². The van der Waals surface area contributed by atoms with Crippen LogP contribution in [0.2, 0.25) is 0 Å². The summed E-state index contributed by atoms with van der Waals surface area (Å²) in [6.45, 7) is 0. The van der Waals surface area contributed by atoms with Crippen LogP contribution >= 0.6 is 0 Å². The molecule has 15 radical (unpaired) electrons. The SMILES string of the molecule is B.[B].[B].[B].[B].[B]. The summed E-state index contributed by atoms with van der Waals surface area (Å²) < 4.78 is 0. The smallest absolute Gasteiger partial charge is 0 e. The van der Waals surface area contributed by atoms with Crippen LogP contribution in [-0.4, -0.2) is 50.5 Å². The molecule has 0 saturated carbocycles. The zero-order chi connectivity index (χ0) is 0. The molecule has 0 fully saturated rings. The molecule has 0 spiro atoms. The molecule has 6 heavy (non-hydrogen) atoms. The Morgan fingerprint density at radius 2 is 0.333 bits per heavy atom. The lowest BCUT2D eigenvalue weighted by atomic mass is 10.8. The third-order valence-corrected chi connectivity index (χ3v) is 0. The first-order chi connectivity index (χ1) is 0. The van der Waals surface area contributed by atoms with Crippen LogP contribution < -0.4 is 0 Å². The molecule has 0 rings (SSSR count). The first-order valence-electron chi connectivity index (χ1n) is 0. The van der Waals surface area contributed by atoms with Crippen molar-refractivity contribution in [3.63, 3.8) is 0 Å². The average molecular weight is 67.9 g/mol. The molecule has 0 aliphatic carbocycles. The van der Waals surface area contributed by atoms with Crippen LogP contribution in [0, 0.1) is 0 Å². The molecule has 0 saturated heterocycles. The van der Waals surface area contributed by atoms with Crippen molar-refractivity contribution in [1.82, 2.24) is 0 Å². The van der Waals surface area contributed by atoms with Crippen molar-refractivity contribution in [2.75, 3.05) is 0 Å². The lowest BCUT2D eigenvalue weighted by Crippen LogP contribution is -0.382. The minimum Gasteiger partial charge on any atom is 0 e. The lowest BCUT2D eigenvalue weighted by molar-refractivity contribution is 5.75. The van der Waals surface area contributed by atoms with Gasteiger partial charge in [-0.25, -0.2) is 0 Å². The van der Waals surface area contributed by atoms with E-state index in [4.69, 9.17) is 0 Å². The fraction of sp³-hybridized carbons (Fsp3) is 0. The van der Waals surface area contributed by atoms with Gasteiger partial charge in [-0.15, -0.1) is 0 Å². The van der Waals surface area contributed by atoms with Crippen molar-refractivity contribution in [3.8, 4) is 0 Å². The van der Waals surface area contributed by atoms with E-state index in [1.54, 1.807) is 0 Å². The van der Waals surface area contributed by atoms with Crippen molar-refractivity contribution >= 4 is 50.5 Å². The molecule has 0 amide bonds. The van der Waals surface area contributed by atoms with E-state index < -0.39 is 0 Å². The highest BCUT2D eigenvalue weighted by Gasteiger charge is 0.0815. The van der Waals surface area contributed by atoms with E-state index in [1.165, 1.54) is 0 Å². The van der Waals surface area contributed by atoms with Gasteiger partial charge in [-0.2, -0.15) is 0 Å². The van der Waals surface area contributed by atoms with Gasteiger partial charge in [0.1, 0.15) is 0 Å². The van der Waals surface area contributed by atoms with Crippen molar-refractivity contribution in [1.29, 1.82) is 0 Å². The van der Waals surface area contributed by atoms with E-state index in [0.29, 0.717) is 0 Å². The van der Waals surface area contributed by atoms with Gasteiger partial charge in [0.25, 0.3) is 0 Å². The summed E-state index contributed by atoms with van der Waals surface area (Å²) in [4.78, 5) is 0. The topological polar surface area (TPSA) is 0 Å². The van der Waals surface area contributed by atoms with Gasteiger partial charge in [0, 0.05) is 42.1 Å². The van der Waals surface area contributed by atoms with Crippen molar-refractivity contribution in [2.45, 2.75) is 0 Å². The third-order valence-electron chi connectivity index (χ3n) is 0. The van der Waals surface area contributed by atoms with Gasteiger partial charge in [0.15, 0.2) is 0 Å². The Kier molecular flexibility index (Phi) is 139000. The van der Waals surface area contributed by atoms with Crippen LogP contribution in [0.5, 0.6) is 0 Å². The second-order valence-corrected chi connectivity index (χ2v) is 0. The summed E-state index contributed by atoms with van der Waals surface area (Å²) >= 11 is 0. The maximum Gasteiger partial charge on any atom is 0.0814 e. The van der Waals surface area contributed by atoms with Crippen molar-refractivity contribution < 1.29 is 0 Å². The second kappa shape index (κ2) is 684. The van der Waals surface area contributed by atoms with Crippen LogP contribution in [0.25, 0.3) is 0 Å². The molecule has 0 aliphatic rings. The molecule has 0 aromatic carbocycles. The standard InChI is InChI=1S/BH3.5B/h1H3;;;;;. The molecular formula is H3B6. The van der Waals surface area contributed by atoms with Crippen LogP contribution in [0.15, 0.2) is 0 Å². The zero-order valence-electron chi connectivity index (χ0n) is 2.89. The van der Waals surface area contributed by atoms with Crippen LogP contribution in [0.4, 0.5) is 0 Å². The molecule has 0 N–H and O–H groups in total. The third kappa shape index (κ3) is 332. The predicted molar refractivity (Wildman–Crippen MR) is 38.7 cm³/mol. The van der Waals surface area contributed by atoms with Crippen LogP contribution in [-0.2, 0) is 0 Å². The Hall–Kier alpha value is 0.390. The molecule has 0 atom stereocenters. The van der Waals surface area contributed by atoms with Gasteiger partial charge in [0.2, 0.25) is 0 Å². The normalized spacial score (nSPS) is 0. The quantitative estimate of drug-likeness (QED) is 0.264. The number of rotatable bonds is 0. The second-order valence-electron chi connectivity index (χ2n) is 0. The molecule has 21 valence electrons. The highest BCUT2D eigenvalue weighted by molar-refractivity contribution is 5.76. The molecule has 6 heteroatoms. The molecule has 0 unspecified atom stereocenters. The molecule has 0 bridgehead atoms. The Bertz CT molecular complexity index is 0. The fourth-order valence-corrected chi connectivity index (χ4v) is 0. The zero-order valence-corrected chi connectivity index (χ0v) is 2.89. The highest BCUT2D eigenvalue weighted by atomic mass is 10.8. The maximum atomic E-state index is 0. The van der Waals surface area contributed by atoms with Gasteiger partial charge in [0.05, 0.1) is 8.41 Å². The average Bonchev–Trinajstić information content (AvgIpc) is 0. The minimum atomic E-state index is 0. The Balaban J connectivity index is 0. The first kappa shape index (κ1) is 1220. The summed E-state index contributed by atoms with van der Waals surface area (Å²) in [7, 11) is 0. The van der Waals surface area contributed by atoms with Gasteiger partial charge >= 0.3 is 0 Å². The predicted octanol–water partition coefficient (Wildman–Crippen LogP) is -3.09. The molecule has 0 aromatic heterocycles. The molecule has 0 nitrogen and oxygen atoms in total. The monoisotopic (exact) mass is 69.1 g/mol. The van der Waals surface area contributed by atoms with E-state index in [2.05, 4.69) is 0 Å². The molecular weight excluding hydrogens is 64.9 g/mol. The lowest BCUT2D eigenvalue weighted by Gasteiger charge is -0.00100. The largest absolute Gasteiger partial charge is 0.0814 e. The molecule has 0 aliphatic heterocycles. The first-order valence-corrected chi connectivity index (χ1v) is 0. The van der Waals surface area contributed by atoms with E-state index in [-0.39, 0.29) is 50.5 Å². The fourth-order valence-electron chi connectivity index (χ4n) is 0. The molecule has 0 aromatic rings. The van der Waals surface area contributed by atoms with E-state index in [9.17, 15) is 0 Å².